The predicted octanol–water partition coefficient (Wildman–Crippen LogP) is 3.15. The second-order valence-electron chi connectivity index (χ2n) is 5.80. The molecular weight excluding hydrogens is 356 g/mol. The van der Waals surface area contributed by atoms with Crippen LogP contribution in [0.25, 0.3) is 10.2 Å². The number of thiophene rings is 2. The number of ether oxygens (including phenoxy) is 1. The molecule has 0 spiro atoms. The summed E-state index contributed by atoms with van der Waals surface area (Å²) in [6, 6.07) is 4.12. The van der Waals surface area contributed by atoms with Crippen LogP contribution >= 0.6 is 22.7 Å². The zero-order chi connectivity index (χ0) is 17.2. The third-order valence-electron chi connectivity index (χ3n) is 4.23. The van der Waals surface area contributed by atoms with Gasteiger partial charge in [-0.25, -0.2) is 9.97 Å². The number of hydrogen-bond acceptors (Lipinski definition) is 7. The number of morpholine rings is 1. The van der Waals surface area contributed by atoms with Crippen LogP contribution in [-0.4, -0.2) is 47.1 Å². The molecule has 130 valence electrons. The highest BCUT2D eigenvalue weighted by Gasteiger charge is 2.24. The van der Waals surface area contributed by atoms with Gasteiger partial charge in [-0.15, -0.1) is 22.7 Å². The lowest BCUT2D eigenvalue weighted by molar-refractivity contribution is 0.0306. The van der Waals surface area contributed by atoms with Gasteiger partial charge < -0.3 is 15.0 Å². The zero-order valence-electron chi connectivity index (χ0n) is 13.8. The molecule has 8 heteroatoms. The summed E-state index contributed by atoms with van der Waals surface area (Å²) >= 11 is 3.15. The van der Waals surface area contributed by atoms with E-state index >= 15 is 0 Å². The molecule has 4 heterocycles. The number of carbonyl (C=O) groups is 1. The molecule has 0 unspecified atom stereocenters. The van der Waals surface area contributed by atoms with Gasteiger partial charge in [0.25, 0.3) is 5.91 Å². The maximum atomic E-state index is 12.9. The Morgan fingerprint density at radius 2 is 2.20 bits per heavy atom. The van der Waals surface area contributed by atoms with Crippen LogP contribution in [0.4, 0.5) is 5.82 Å². The highest BCUT2D eigenvalue weighted by Crippen LogP contribution is 2.34. The van der Waals surface area contributed by atoms with E-state index in [1.807, 2.05) is 17.9 Å². The van der Waals surface area contributed by atoms with E-state index in [1.165, 1.54) is 16.2 Å². The smallest absolute Gasteiger partial charge is 0.264 e. The molecule has 0 aliphatic carbocycles. The summed E-state index contributed by atoms with van der Waals surface area (Å²) in [5, 5.41) is 6.39. The van der Waals surface area contributed by atoms with Crippen molar-refractivity contribution in [3.05, 3.63) is 39.2 Å². The van der Waals surface area contributed by atoms with Crippen molar-refractivity contribution >= 4 is 44.6 Å². The van der Waals surface area contributed by atoms with Gasteiger partial charge in [0.1, 0.15) is 17.0 Å². The van der Waals surface area contributed by atoms with Gasteiger partial charge in [-0.2, -0.15) is 0 Å². The Morgan fingerprint density at radius 3 is 2.96 bits per heavy atom. The van der Waals surface area contributed by atoms with E-state index in [9.17, 15) is 4.79 Å². The second-order valence-corrected chi connectivity index (χ2v) is 7.83. The highest BCUT2D eigenvalue weighted by atomic mass is 32.1. The third-order valence-corrected chi connectivity index (χ3v) is 6.29. The van der Waals surface area contributed by atoms with E-state index in [1.54, 1.807) is 17.7 Å². The summed E-state index contributed by atoms with van der Waals surface area (Å²) in [6.45, 7) is 5.17. The maximum Gasteiger partial charge on any atom is 0.264 e. The van der Waals surface area contributed by atoms with E-state index < -0.39 is 0 Å². The first kappa shape index (κ1) is 16.4. The van der Waals surface area contributed by atoms with Crippen LogP contribution < -0.4 is 5.32 Å². The fourth-order valence-electron chi connectivity index (χ4n) is 2.90. The molecule has 1 aliphatic heterocycles. The normalized spacial score (nSPS) is 14.8. The van der Waals surface area contributed by atoms with Crippen LogP contribution in [-0.2, 0) is 11.3 Å². The van der Waals surface area contributed by atoms with Crippen molar-refractivity contribution in [1.82, 2.24) is 14.9 Å². The highest BCUT2D eigenvalue weighted by molar-refractivity contribution is 7.20. The number of nitrogens with one attached hydrogen (secondary N) is 1. The molecule has 1 amide bonds. The SMILES string of the molecule is Cc1c(C(=O)N2CCOCC2)sc2ncnc(NCc3cccs3)c12. The van der Waals surface area contributed by atoms with Gasteiger partial charge in [0.2, 0.25) is 0 Å². The lowest BCUT2D eigenvalue weighted by Gasteiger charge is -2.26. The second kappa shape index (κ2) is 7.07. The minimum Gasteiger partial charge on any atom is -0.378 e. The number of anilines is 1. The van der Waals surface area contributed by atoms with Gasteiger partial charge in [-0.3, -0.25) is 4.79 Å². The topological polar surface area (TPSA) is 67.4 Å². The summed E-state index contributed by atoms with van der Waals surface area (Å²) in [4.78, 5) is 26.3. The Morgan fingerprint density at radius 1 is 1.36 bits per heavy atom. The van der Waals surface area contributed by atoms with Gasteiger partial charge in [-0.1, -0.05) is 6.07 Å². The van der Waals surface area contributed by atoms with Crippen molar-refractivity contribution in [2.24, 2.45) is 0 Å². The van der Waals surface area contributed by atoms with Gasteiger partial charge in [-0.05, 0) is 23.9 Å². The number of aryl methyl sites for hydroxylation is 1. The van der Waals surface area contributed by atoms with Crippen molar-refractivity contribution in [2.45, 2.75) is 13.5 Å². The fraction of sp³-hybridized carbons (Fsp3) is 0.353. The first-order valence-corrected chi connectivity index (χ1v) is 9.81. The van der Waals surface area contributed by atoms with Crippen LogP contribution in [0.2, 0.25) is 0 Å². The lowest BCUT2D eigenvalue weighted by atomic mass is 10.2. The summed E-state index contributed by atoms with van der Waals surface area (Å²) < 4.78 is 5.34. The van der Waals surface area contributed by atoms with E-state index in [0.29, 0.717) is 32.8 Å². The molecule has 3 aromatic rings. The Kier molecular flexibility index (Phi) is 4.65. The van der Waals surface area contributed by atoms with E-state index in [0.717, 1.165) is 26.5 Å². The zero-order valence-corrected chi connectivity index (χ0v) is 15.5. The van der Waals surface area contributed by atoms with Crippen LogP contribution in [0.3, 0.4) is 0 Å². The molecule has 0 aromatic carbocycles. The largest absolute Gasteiger partial charge is 0.378 e. The Labute approximate surface area is 153 Å². The Bertz CT molecular complexity index is 886. The molecule has 1 aliphatic rings. The van der Waals surface area contributed by atoms with Gasteiger partial charge in [0.15, 0.2) is 0 Å². The number of aromatic nitrogens is 2. The number of hydrogen-bond donors (Lipinski definition) is 1. The molecule has 1 N–H and O–H groups in total. The maximum absolute atomic E-state index is 12.9. The molecule has 0 bridgehead atoms. The van der Waals surface area contributed by atoms with Gasteiger partial charge in [0, 0.05) is 18.0 Å². The minimum absolute atomic E-state index is 0.0630. The summed E-state index contributed by atoms with van der Waals surface area (Å²) in [6.07, 6.45) is 1.55. The average Bonchev–Trinajstić information content (AvgIpc) is 3.28. The van der Waals surface area contributed by atoms with Crippen molar-refractivity contribution in [1.29, 1.82) is 0 Å². The van der Waals surface area contributed by atoms with Crippen molar-refractivity contribution in [2.75, 3.05) is 31.6 Å². The molecule has 0 atom stereocenters. The number of carbonyl (C=O) groups excluding carboxylic acids is 1. The van der Waals surface area contributed by atoms with E-state index in [2.05, 4.69) is 26.7 Å². The van der Waals surface area contributed by atoms with Crippen LogP contribution in [0.5, 0.6) is 0 Å². The summed E-state index contributed by atoms with van der Waals surface area (Å²) in [5.74, 6) is 0.848. The van der Waals surface area contributed by atoms with Crippen LogP contribution in [0.15, 0.2) is 23.8 Å². The molecular formula is C17H18N4O2S2. The first-order chi connectivity index (χ1) is 12.2. The van der Waals surface area contributed by atoms with Crippen molar-refractivity contribution in [3.63, 3.8) is 0 Å². The van der Waals surface area contributed by atoms with E-state index in [4.69, 9.17) is 4.74 Å². The van der Waals surface area contributed by atoms with E-state index in [-0.39, 0.29) is 5.91 Å². The van der Waals surface area contributed by atoms with Crippen molar-refractivity contribution in [3.8, 4) is 0 Å². The Balaban J connectivity index is 1.64. The summed E-state index contributed by atoms with van der Waals surface area (Å²) in [5.41, 5.74) is 0.950. The van der Waals surface area contributed by atoms with Crippen LogP contribution in [0, 0.1) is 6.92 Å². The number of fused-ring (bicyclic) bond motifs is 1. The lowest BCUT2D eigenvalue weighted by Crippen LogP contribution is -2.40. The number of amides is 1. The third kappa shape index (κ3) is 3.24. The van der Waals surface area contributed by atoms with Gasteiger partial charge >= 0.3 is 0 Å². The first-order valence-electron chi connectivity index (χ1n) is 8.11. The fourth-order valence-corrected chi connectivity index (χ4v) is 4.66. The molecule has 25 heavy (non-hydrogen) atoms. The molecule has 6 nitrogen and oxygen atoms in total. The predicted molar refractivity (Wildman–Crippen MR) is 101 cm³/mol. The molecule has 0 saturated carbocycles. The van der Waals surface area contributed by atoms with Gasteiger partial charge in [0.05, 0.1) is 30.0 Å². The molecule has 1 saturated heterocycles. The minimum atomic E-state index is 0.0630. The molecule has 3 aromatic heterocycles. The molecule has 0 radical (unpaired) electrons. The number of nitrogens with zero attached hydrogens (tertiary/aromatic N) is 3. The average molecular weight is 374 g/mol. The summed E-state index contributed by atoms with van der Waals surface area (Å²) in [7, 11) is 0. The molecule has 4 rings (SSSR count). The van der Waals surface area contributed by atoms with Crippen LogP contribution in [0.1, 0.15) is 20.1 Å². The standard InChI is InChI=1S/C17H18N4O2S2/c1-11-13-15(18-9-12-3-2-8-24-12)19-10-20-16(13)25-14(11)17(22)21-4-6-23-7-5-21/h2-3,8,10H,4-7,9H2,1H3,(H,18,19,20). The van der Waals surface area contributed by atoms with Crippen molar-refractivity contribution < 1.29 is 9.53 Å². The quantitative estimate of drug-likeness (QED) is 0.760. The Hall–Kier alpha value is -2.03. The molecule has 1 fully saturated rings. The number of rotatable bonds is 4. The monoisotopic (exact) mass is 374 g/mol.